The second-order valence-electron chi connectivity index (χ2n) is 6.71. The molecular weight excluding hydrogens is 316 g/mol. The Bertz CT molecular complexity index is 707. The van der Waals surface area contributed by atoms with Gasteiger partial charge in [-0.3, -0.25) is 9.78 Å². The van der Waals surface area contributed by atoms with Crippen LogP contribution >= 0.6 is 0 Å². The van der Waals surface area contributed by atoms with Gasteiger partial charge in [0, 0.05) is 30.7 Å². The van der Waals surface area contributed by atoms with Gasteiger partial charge in [-0.2, -0.15) is 0 Å². The zero-order valence-corrected chi connectivity index (χ0v) is 14.0. The minimum absolute atomic E-state index is 0.0124. The van der Waals surface area contributed by atoms with Crippen molar-refractivity contribution in [3.63, 3.8) is 0 Å². The van der Waals surface area contributed by atoms with Crippen LogP contribution in [0.3, 0.4) is 0 Å². The number of hydrogen-bond acceptors (Lipinski definition) is 4. The summed E-state index contributed by atoms with van der Waals surface area (Å²) in [6.45, 7) is 0.803. The molecule has 2 aromatic rings. The van der Waals surface area contributed by atoms with Crippen LogP contribution < -0.4 is 10.1 Å². The highest BCUT2D eigenvalue weighted by atomic mass is 16.5. The summed E-state index contributed by atoms with van der Waals surface area (Å²) in [5.41, 5.74) is 1.28. The van der Waals surface area contributed by atoms with Crippen LogP contribution in [0.25, 0.3) is 0 Å². The Balaban J connectivity index is 1.35. The number of rotatable bonds is 6. The second-order valence-corrected chi connectivity index (χ2v) is 6.71. The Labute approximate surface area is 147 Å². The molecule has 1 aliphatic heterocycles. The Morgan fingerprint density at radius 2 is 2.12 bits per heavy atom. The van der Waals surface area contributed by atoms with E-state index in [0.29, 0.717) is 17.6 Å². The number of nitrogens with one attached hydrogen (secondary N) is 1. The number of hydrogen-bond donors (Lipinski definition) is 1. The fourth-order valence-electron chi connectivity index (χ4n) is 3.98. The first-order chi connectivity index (χ1) is 12.3. The van der Waals surface area contributed by atoms with Gasteiger partial charge in [0.1, 0.15) is 5.75 Å². The van der Waals surface area contributed by atoms with E-state index < -0.39 is 0 Å². The topological polar surface area (TPSA) is 60.5 Å². The van der Waals surface area contributed by atoms with E-state index in [2.05, 4.69) is 34.6 Å². The molecule has 0 unspecified atom stereocenters. The van der Waals surface area contributed by atoms with E-state index in [9.17, 15) is 4.79 Å². The monoisotopic (exact) mass is 338 g/mol. The number of amides is 1. The zero-order valence-electron chi connectivity index (χ0n) is 14.0. The van der Waals surface area contributed by atoms with Crippen LogP contribution in [0.5, 0.6) is 5.75 Å². The summed E-state index contributed by atoms with van der Waals surface area (Å²) < 4.78 is 11.4. The van der Waals surface area contributed by atoms with Crippen molar-refractivity contribution in [2.24, 2.45) is 11.8 Å². The minimum atomic E-state index is -0.0859. The van der Waals surface area contributed by atoms with Crippen molar-refractivity contribution in [3.8, 4) is 5.75 Å². The first-order valence-corrected chi connectivity index (χ1v) is 8.79. The average Bonchev–Trinajstić information content (AvgIpc) is 3.09. The standard InChI is InChI=1S/C20H22N2O3/c23-18(13-25-15-7-4-9-21-12-15)22-19-16-8-10-24-20(16)17(19)11-14-5-2-1-3-6-14/h1-7,9,12,16-17,19-20H,8,10-11,13H2,(H,22,23)/t16-,17+,19-,20-/m0/s1. The quantitative estimate of drug-likeness (QED) is 0.877. The van der Waals surface area contributed by atoms with Crippen LogP contribution in [0.2, 0.25) is 0 Å². The number of nitrogens with zero attached hydrogens (tertiary/aromatic N) is 1. The number of aromatic nitrogens is 1. The molecule has 0 radical (unpaired) electrons. The largest absolute Gasteiger partial charge is 0.482 e. The molecule has 2 heterocycles. The molecule has 130 valence electrons. The SMILES string of the molecule is O=C(COc1cccnc1)N[C@@H]1[C@@H](Cc2ccccc2)[C@H]2OCC[C@@H]12. The van der Waals surface area contributed by atoms with Crippen molar-refractivity contribution < 1.29 is 14.3 Å². The van der Waals surface area contributed by atoms with Crippen LogP contribution in [0.15, 0.2) is 54.9 Å². The van der Waals surface area contributed by atoms with Gasteiger partial charge in [-0.05, 0) is 30.5 Å². The third-order valence-corrected chi connectivity index (χ3v) is 5.17. The highest BCUT2D eigenvalue weighted by Crippen LogP contribution is 2.45. The van der Waals surface area contributed by atoms with E-state index in [-0.39, 0.29) is 24.7 Å². The van der Waals surface area contributed by atoms with E-state index in [1.165, 1.54) is 5.56 Å². The molecule has 2 aliphatic rings. The molecule has 5 heteroatoms. The Morgan fingerprint density at radius 1 is 1.24 bits per heavy atom. The van der Waals surface area contributed by atoms with Crippen LogP contribution in [0, 0.1) is 11.8 Å². The van der Waals surface area contributed by atoms with Crippen molar-refractivity contribution in [2.75, 3.05) is 13.2 Å². The fourth-order valence-corrected chi connectivity index (χ4v) is 3.98. The third-order valence-electron chi connectivity index (χ3n) is 5.17. The first kappa shape index (κ1) is 16.1. The molecular formula is C20H22N2O3. The van der Waals surface area contributed by atoms with Crippen molar-refractivity contribution >= 4 is 5.91 Å². The maximum Gasteiger partial charge on any atom is 0.258 e. The Kier molecular flexibility index (Phi) is 4.65. The molecule has 1 aromatic heterocycles. The van der Waals surface area contributed by atoms with E-state index >= 15 is 0 Å². The molecule has 1 saturated carbocycles. The predicted molar refractivity (Wildman–Crippen MR) is 93.1 cm³/mol. The third kappa shape index (κ3) is 3.51. The van der Waals surface area contributed by atoms with Gasteiger partial charge < -0.3 is 14.8 Å². The maximum absolute atomic E-state index is 12.3. The number of carbonyl (C=O) groups is 1. The summed E-state index contributed by atoms with van der Waals surface area (Å²) in [4.78, 5) is 16.3. The van der Waals surface area contributed by atoms with Crippen molar-refractivity contribution in [1.82, 2.24) is 10.3 Å². The van der Waals surface area contributed by atoms with Crippen LogP contribution in [0.1, 0.15) is 12.0 Å². The molecule has 2 fully saturated rings. The van der Waals surface area contributed by atoms with Gasteiger partial charge >= 0.3 is 0 Å². The van der Waals surface area contributed by atoms with Crippen LogP contribution in [0.4, 0.5) is 0 Å². The summed E-state index contributed by atoms with van der Waals surface area (Å²) in [6.07, 6.45) is 5.50. The summed E-state index contributed by atoms with van der Waals surface area (Å²) in [6, 6.07) is 14.1. The molecule has 1 amide bonds. The molecule has 25 heavy (non-hydrogen) atoms. The number of ether oxygens (including phenoxy) is 2. The molecule has 0 spiro atoms. The van der Waals surface area contributed by atoms with E-state index in [4.69, 9.17) is 9.47 Å². The number of pyridine rings is 1. The fraction of sp³-hybridized carbons (Fsp3) is 0.400. The van der Waals surface area contributed by atoms with Gasteiger partial charge in [-0.15, -0.1) is 0 Å². The molecule has 1 aliphatic carbocycles. The summed E-state index contributed by atoms with van der Waals surface area (Å²) >= 11 is 0. The highest BCUT2D eigenvalue weighted by Gasteiger charge is 2.53. The highest BCUT2D eigenvalue weighted by molar-refractivity contribution is 5.78. The van der Waals surface area contributed by atoms with Gasteiger partial charge in [0.05, 0.1) is 12.3 Å². The zero-order chi connectivity index (χ0) is 17.1. The van der Waals surface area contributed by atoms with Gasteiger partial charge in [-0.1, -0.05) is 30.3 Å². The first-order valence-electron chi connectivity index (χ1n) is 8.79. The Morgan fingerprint density at radius 3 is 2.92 bits per heavy atom. The van der Waals surface area contributed by atoms with Crippen molar-refractivity contribution in [3.05, 3.63) is 60.4 Å². The van der Waals surface area contributed by atoms with Gasteiger partial charge in [0.2, 0.25) is 0 Å². The van der Waals surface area contributed by atoms with Gasteiger partial charge in [-0.25, -0.2) is 0 Å². The molecule has 1 saturated heterocycles. The molecule has 1 N–H and O–H groups in total. The summed E-state index contributed by atoms with van der Waals surface area (Å²) in [5, 5.41) is 3.16. The molecule has 4 atom stereocenters. The van der Waals surface area contributed by atoms with Crippen molar-refractivity contribution in [2.45, 2.75) is 25.0 Å². The molecule has 4 rings (SSSR count). The van der Waals surface area contributed by atoms with E-state index in [1.807, 2.05) is 6.07 Å². The normalized spacial score (nSPS) is 27.2. The number of carbonyl (C=O) groups excluding carboxylic acids is 1. The lowest BCUT2D eigenvalue weighted by Crippen LogP contribution is -2.62. The summed E-state index contributed by atoms with van der Waals surface area (Å²) in [5.74, 6) is 1.28. The molecule has 0 bridgehead atoms. The number of benzene rings is 1. The molecule has 1 aromatic carbocycles. The minimum Gasteiger partial charge on any atom is -0.482 e. The van der Waals surface area contributed by atoms with Crippen molar-refractivity contribution in [1.29, 1.82) is 0 Å². The van der Waals surface area contributed by atoms with E-state index in [1.54, 1.807) is 24.5 Å². The maximum atomic E-state index is 12.3. The van der Waals surface area contributed by atoms with Gasteiger partial charge in [0.15, 0.2) is 6.61 Å². The predicted octanol–water partition coefficient (Wildman–Crippen LogP) is 2.22. The van der Waals surface area contributed by atoms with E-state index in [0.717, 1.165) is 19.4 Å². The van der Waals surface area contributed by atoms with Crippen LogP contribution in [-0.4, -0.2) is 36.3 Å². The number of fused-ring (bicyclic) bond motifs is 1. The lowest BCUT2D eigenvalue weighted by atomic mass is 9.64. The lowest BCUT2D eigenvalue weighted by Gasteiger charge is -2.48. The summed E-state index contributed by atoms with van der Waals surface area (Å²) in [7, 11) is 0. The molecule has 5 nitrogen and oxygen atoms in total. The average molecular weight is 338 g/mol. The smallest absolute Gasteiger partial charge is 0.258 e. The Hall–Kier alpha value is -2.40. The second kappa shape index (κ2) is 7.23. The van der Waals surface area contributed by atoms with Crippen LogP contribution in [-0.2, 0) is 16.0 Å². The lowest BCUT2D eigenvalue weighted by molar-refractivity contribution is -0.129. The van der Waals surface area contributed by atoms with Gasteiger partial charge in [0.25, 0.3) is 5.91 Å².